The minimum Gasteiger partial charge on any atom is -0.436 e. The highest BCUT2D eigenvalue weighted by molar-refractivity contribution is 7.25. The molecule has 0 saturated carbocycles. The topological polar surface area (TPSA) is 29.3 Å². The van der Waals surface area contributed by atoms with Crippen LogP contribution in [0.2, 0.25) is 0 Å². The van der Waals surface area contributed by atoms with Crippen LogP contribution >= 0.6 is 11.3 Å². The van der Waals surface area contributed by atoms with E-state index in [4.69, 9.17) is 9.40 Å². The molecule has 8 aromatic carbocycles. The number of thiophene rings is 1. The fourth-order valence-electron chi connectivity index (χ4n) is 7.22. The molecule has 0 amide bonds. The van der Waals surface area contributed by atoms with Gasteiger partial charge in [0.25, 0.3) is 0 Å². The van der Waals surface area contributed by atoms with Crippen LogP contribution in [0.4, 0.5) is 17.1 Å². The molecule has 3 nitrogen and oxygen atoms in total. The lowest BCUT2D eigenvalue weighted by Crippen LogP contribution is -2.10. The number of fused-ring (bicyclic) bond motifs is 4. The maximum absolute atomic E-state index is 6.19. The molecule has 10 rings (SSSR count). The third kappa shape index (κ3) is 5.85. The molecule has 0 bridgehead atoms. The average Bonchev–Trinajstić information content (AvgIpc) is 3.82. The Morgan fingerprint density at radius 3 is 1.55 bits per heavy atom. The van der Waals surface area contributed by atoms with Crippen molar-refractivity contribution in [2.24, 2.45) is 0 Å². The molecular formula is C49H32N2OS. The van der Waals surface area contributed by atoms with Crippen molar-refractivity contribution in [3.05, 3.63) is 194 Å². The molecule has 0 unspecified atom stereocenters. The highest BCUT2D eigenvalue weighted by Crippen LogP contribution is 2.41. The quantitative estimate of drug-likeness (QED) is 0.166. The van der Waals surface area contributed by atoms with Gasteiger partial charge in [0.1, 0.15) is 5.52 Å². The monoisotopic (exact) mass is 696 g/mol. The Kier molecular flexibility index (Phi) is 7.67. The molecule has 0 atom stereocenters. The molecule has 0 radical (unpaired) electrons. The summed E-state index contributed by atoms with van der Waals surface area (Å²) < 4.78 is 8.64. The molecule has 2 aromatic heterocycles. The Morgan fingerprint density at radius 2 is 0.887 bits per heavy atom. The van der Waals surface area contributed by atoms with Crippen molar-refractivity contribution in [1.29, 1.82) is 0 Å². The van der Waals surface area contributed by atoms with E-state index in [1.165, 1.54) is 53.6 Å². The summed E-state index contributed by atoms with van der Waals surface area (Å²) in [5.41, 5.74) is 13.1. The number of aromatic nitrogens is 1. The number of hydrogen-bond donors (Lipinski definition) is 0. The van der Waals surface area contributed by atoms with Gasteiger partial charge in [-0.1, -0.05) is 121 Å². The average molecular weight is 697 g/mol. The van der Waals surface area contributed by atoms with E-state index in [0.29, 0.717) is 5.89 Å². The van der Waals surface area contributed by atoms with Crippen LogP contribution in [0.5, 0.6) is 0 Å². The van der Waals surface area contributed by atoms with Crippen molar-refractivity contribution in [1.82, 2.24) is 4.98 Å². The summed E-state index contributed by atoms with van der Waals surface area (Å²) in [5.74, 6) is 0.649. The third-order valence-electron chi connectivity index (χ3n) is 9.90. The predicted octanol–water partition coefficient (Wildman–Crippen LogP) is 14.3. The first kappa shape index (κ1) is 31.0. The van der Waals surface area contributed by atoms with E-state index in [0.717, 1.165) is 33.7 Å². The van der Waals surface area contributed by atoms with Gasteiger partial charge < -0.3 is 9.32 Å². The fourth-order valence-corrected chi connectivity index (χ4v) is 8.32. The van der Waals surface area contributed by atoms with Crippen LogP contribution in [0, 0.1) is 0 Å². The molecule has 0 fully saturated rings. The number of oxazole rings is 1. The third-order valence-corrected chi connectivity index (χ3v) is 11.0. The largest absolute Gasteiger partial charge is 0.436 e. The molecule has 0 spiro atoms. The molecule has 0 N–H and O–H groups in total. The van der Waals surface area contributed by atoms with Crippen molar-refractivity contribution >= 4 is 59.7 Å². The smallest absolute Gasteiger partial charge is 0.227 e. The van der Waals surface area contributed by atoms with E-state index in [9.17, 15) is 0 Å². The Bertz CT molecular complexity index is 2860. The number of nitrogens with zero attached hydrogens (tertiary/aromatic N) is 2. The van der Waals surface area contributed by atoms with Crippen molar-refractivity contribution in [3.8, 4) is 44.8 Å². The lowest BCUT2D eigenvalue weighted by atomic mass is 10.0. The van der Waals surface area contributed by atoms with Gasteiger partial charge in [-0.2, -0.15) is 0 Å². The molecule has 4 heteroatoms. The number of rotatable bonds is 7. The number of benzene rings is 8. The van der Waals surface area contributed by atoms with Gasteiger partial charge in [0.15, 0.2) is 5.58 Å². The zero-order chi connectivity index (χ0) is 35.1. The molecule has 2 heterocycles. The Hall–Kier alpha value is -6.75. The van der Waals surface area contributed by atoms with E-state index >= 15 is 0 Å². The highest BCUT2D eigenvalue weighted by atomic mass is 32.1. The molecule has 0 aliphatic heterocycles. The first-order valence-electron chi connectivity index (χ1n) is 17.8. The van der Waals surface area contributed by atoms with Crippen molar-refractivity contribution in [2.75, 3.05) is 4.90 Å². The maximum atomic E-state index is 6.19. The van der Waals surface area contributed by atoms with Gasteiger partial charge in [-0.15, -0.1) is 11.3 Å². The summed E-state index contributed by atoms with van der Waals surface area (Å²) in [7, 11) is 0. The van der Waals surface area contributed by atoms with Crippen molar-refractivity contribution in [2.45, 2.75) is 0 Å². The van der Waals surface area contributed by atoms with E-state index in [2.05, 4.69) is 169 Å². The van der Waals surface area contributed by atoms with Crippen LogP contribution in [0.3, 0.4) is 0 Å². The van der Waals surface area contributed by atoms with Gasteiger partial charge in [0.05, 0.1) is 0 Å². The van der Waals surface area contributed by atoms with Gasteiger partial charge in [-0.05, 0) is 100 Å². The zero-order valence-electron chi connectivity index (χ0n) is 28.7. The Labute approximate surface area is 311 Å². The van der Waals surface area contributed by atoms with Crippen LogP contribution < -0.4 is 4.90 Å². The minimum absolute atomic E-state index is 0.649. The molecule has 53 heavy (non-hydrogen) atoms. The van der Waals surface area contributed by atoms with Crippen LogP contribution in [-0.2, 0) is 0 Å². The highest BCUT2D eigenvalue weighted by Gasteiger charge is 2.16. The Balaban J connectivity index is 1.02. The van der Waals surface area contributed by atoms with E-state index in [1.54, 1.807) is 11.3 Å². The van der Waals surface area contributed by atoms with Crippen molar-refractivity contribution in [3.63, 3.8) is 0 Å². The molecule has 0 saturated heterocycles. The lowest BCUT2D eigenvalue weighted by Gasteiger charge is -2.26. The molecule has 250 valence electrons. The molecule has 10 aromatic rings. The van der Waals surface area contributed by atoms with E-state index in [1.807, 2.05) is 30.3 Å². The van der Waals surface area contributed by atoms with Crippen LogP contribution in [0.15, 0.2) is 199 Å². The second-order valence-corrected chi connectivity index (χ2v) is 14.3. The number of anilines is 3. The van der Waals surface area contributed by atoms with Gasteiger partial charge in [-0.3, -0.25) is 0 Å². The number of hydrogen-bond acceptors (Lipinski definition) is 4. The summed E-state index contributed by atoms with van der Waals surface area (Å²) in [6.07, 6.45) is 0. The van der Waals surface area contributed by atoms with Crippen LogP contribution in [0.25, 0.3) is 76.1 Å². The van der Waals surface area contributed by atoms with Crippen molar-refractivity contribution < 1.29 is 4.42 Å². The maximum Gasteiger partial charge on any atom is 0.227 e. The van der Waals surface area contributed by atoms with E-state index in [-0.39, 0.29) is 0 Å². The van der Waals surface area contributed by atoms with Crippen LogP contribution in [0.1, 0.15) is 0 Å². The lowest BCUT2D eigenvalue weighted by molar-refractivity contribution is 0.620. The van der Waals surface area contributed by atoms with Crippen LogP contribution in [-0.4, -0.2) is 4.98 Å². The van der Waals surface area contributed by atoms with Gasteiger partial charge in [0.2, 0.25) is 5.89 Å². The predicted molar refractivity (Wildman–Crippen MR) is 223 cm³/mol. The summed E-state index contributed by atoms with van der Waals surface area (Å²) in [6.45, 7) is 0. The molecule has 0 aliphatic carbocycles. The normalized spacial score (nSPS) is 11.4. The second-order valence-electron chi connectivity index (χ2n) is 13.2. The second kappa shape index (κ2) is 13.1. The standard InChI is InChI=1S/C49H32N2OS/c1-4-11-33(12-5-1)35-19-24-40(25-20-35)51(42-18-10-17-38(29-42)34-13-6-2-7-14-34)41-26-21-36(22-27-41)39-23-28-47-43(30-39)44-31-45-46(32-48(44)53-47)52-49(50-45)37-15-8-3-9-16-37/h1-32H. The Morgan fingerprint density at radius 1 is 0.377 bits per heavy atom. The van der Waals surface area contributed by atoms with Gasteiger partial charge in [-0.25, -0.2) is 4.98 Å². The fraction of sp³-hybridized carbons (Fsp3) is 0. The zero-order valence-corrected chi connectivity index (χ0v) is 29.5. The van der Waals surface area contributed by atoms with E-state index < -0.39 is 0 Å². The molecule has 0 aliphatic rings. The SMILES string of the molecule is c1ccc(-c2ccc(N(c3ccc(-c4ccc5sc6cc7oc(-c8ccccc8)nc7cc6c5c4)cc3)c3cccc(-c4ccccc4)c3)cc2)cc1. The summed E-state index contributed by atoms with van der Waals surface area (Å²) in [5, 5.41) is 2.43. The first-order chi connectivity index (χ1) is 26.2. The summed E-state index contributed by atoms with van der Waals surface area (Å²) >= 11 is 1.79. The summed E-state index contributed by atoms with van der Waals surface area (Å²) in [4.78, 5) is 7.19. The minimum atomic E-state index is 0.649. The first-order valence-corrected chi connectivity index (χ1v) is 18.6. The van der Waals surface area contributed by atoms with Gasteiger partial charge in [0, 0.05) is 48.9 Å². The van der Waals surface area contributed by atoms with Gasteiger partial charge >= 0.3 is 0 Å². The summed E-state index contributed by atoms with van der Waals surface area (Å²) in [6, 6.07) is 68.9. The molecular weight excluding hydrogens is 665 g/mol.